The number of hydrogen-bond donors (Lipinski definition) is 3. The number of halogens is 1. The number of aryl methyl sites for hydroxylation is 1. The Morgan fingerprint density at radius 2 is 2.03 bits per heavy atom. The van der Waals surface area contributed by atoms with Crippen molar-refractivity contribution >= 4 is 33.9 Å². The molecule has 3 heterocycles. The first-order valence-corrected chi connectivity index (χ1v) is 10.2. The van der Waals surface area contributed by atoms with Gasteiger partial charge in [0.05, 0.1) is 16.6 Å². The van der Waals surface area contributed by atoms with Crippen LogP contribution in [-0.2, 0) is 11.8 Å². The Bertz CT molecular complexity index is 1250. The molecule has 0 aliphatic rings. The summed E-state index contributed by atoms with van der Waals surface area (Å²) in [4.78, 5) is 22.1. The maximum absolute atomic E-state index is 13.4. The summed E-state index contributed by atoms with van der Waals surface area (Å²) >= 11 is 1.02. The van der Waals surface area contributed by atoms with Crippen molar-refractivity contribution in [2.24, 2.45) is 12.8 Å². The minimum atomic E-state index is -1.35. The van der Waals surface area contributed by atoms with Crippen molar-refractivity contribution in [1.82, 2.24) is 24.9 Å². The number of nitrogen functional groups attached to an aromatic ring is 1. The van der Waals surface area contributed by atoms with Gasteiger partial charge in [-0.3, -0.25) is 9.48 Å². The number of amides is 1. The first kappa shape index (κ1) is 21.4. The fourth-order valence-corrected chi connectivity index (χ4v) is 4.04. The number of nitrogens with zero attached hydrogens (tertiary/aromatic N) is 6. The molecule has 0 radical (unpaired) electrons. The van der Waals surface area contributed by atoms with E-state index in [9.17, 15) is 14.3 Å². The monoisotopic (exact) mass is 458 g/mol. The van der Waals surface area contributed by atoms with Gasteiger partial charge in [0.25, 0.3) is 5.89 Å². The van der Waals surface area contributed by atoms with E-state index in [2.05, 4.69) is 20.2 Å². The predicted octanol–water partition coefficient (Wildman–Crippen LogP) is 1.74. The lowest BCUT2D eigenvalue weighted by Gasteiger charge is -2.26. The van der Waals surface area contributed by atoms with E-state index in [4.69, 9.17) is 16.0 Å². The second-order valence-corrected chi connectivity index (χ2v) is 7.94. The van der Waals surface area contributed by atoms with Crippen molar-refractivity contribution in [2.75, 3.05) is 10.6 Å². The maximum atomic E-state index is 13.4. The lowest BCUT2D eigenvalue weighted by molar-refractivity contribution is -0.118. The van der Waals surface area contributed by atoms with Crippen LogP contribution in [0.2, 0.25) is 0 Å². The largest absolute Gasteiger partial charge is 0.383 e. The Balaban J connectivity index is 1.68. The number of carbonyl (C=O) groups excluding carboxylic acids is 1. The summed E-state index contributed by atoms with van der Waals surface area (Å²) in [5, 5.41) is 19.0. The lowest BCUT2D eigenvalue weighted by atomic mass is 10.2. The first-order chi connectivity index (χ1) is 15.2. The van der Waals surface area contributed by atoms with Crippen LogP contribution in [0.5, 0.6) is 0 Å². The van der Waals surface area contributed by atoms with Crippen LogP contribution in [0.1, 0.15) is 23.8 Å². The third-order valence-electron chi connectivity index (χ3n) is 4.67. The van der Waals surface area contributed by atoms with Crippen molar-refractivity contribution in [3.05, 3.63) is 53.2 Å². The van der Waals surface area contributed by atoms with Crippen molar-refractivity contribution < 1.29 is 18.8 Å². The number of aliphatic hydroxyl groups is 1. The summed E-state index contributed by atoms with van der Waals surface area (Å²) in [5.41, 5.74) is 12.6. The fraction of sp³-hybridized carbons (Fsp3) is 0.211. The molecule has 11 nitrogen and oxygen atoms in total. The highest BCUT2D eigenvalue weighted by molar-refractivity contribution is 7.16. The van der Waals surface area contributed by atoms with E-state index >= 15 is 0 Å². The molecule has 2 atom stereocenters. The second kappa shape index (κ2) is 8.36. The Hall–Kier alpha value is -3.84. The van der Waals surface area contributed by atoms with Gasteiger partial charge in [0, 0.05) is 18.9 Å². The third kappa shape index (κ3) is 4.02. The van der Waals surface area contributed by atoms with Crippen LogP contribution in [0.4, 0.5) is 21.0 Å². The van der Waals surface area contributed by atoms with Gasteiger partial charge < -0.3 is 26.0 Å². The standard InChI is InChI=1S/C19H19FN8O3S/c1-9(16(22)30)28(12-5-3-11(20)4-6-12)19-24-15(21)14(32-19)13(29)18-25-17(26-31-18)10-7-23-27(2)8-10/h3-9,13,29H,21H2,1-2H3,(H2,22,30). The van der Waals surface area contributed by atoms with Crippen LogP contribution in [0, 0.1) is 5.82 Å². The third-order valence-corrected chi connectivity index (χ3v) is 5.79. The van der Waals surface area contributed by atoms with Crippen LogP contribution in [0.15, 0.2) is 41.2 Å². The number of nitrogens with two attached hydrogens (primary N) is 2. The average Bonchev–Trinajstić information content (AvgIpc) is 3.49. The zero-order chi connectivity index (χ0) is 23.0. The molecule has 4 rings (SSSR count). The van der Waals surface area contributed by atoms with Gasteiger partial charge in [0.2, 0.25) is 11.7 Å². The summed E-state index contributed by atoms with van der Waals surface area (Å²) in [7, 11) is 1.75. The number of hydrogen-bond acceptors (Lipinski definition) is 10. The molecule has 3 aromatic heterocycles. The number of anilines is 3. The SMILES string of the molecule is CC(C(N)=O)N(c1ccc(F)cc1)c1nc(N)c(C(O)c2nc(-c3cnn(C)c3)no2)s1. The van der Waals surface area contributed by atoms with E-state index < -0.39 is 23.9 Å². The van der Waals surface area contributed by atoms with Gasteiger partial charge >= 0.3 is 0 Å². The molecule has 0 spiro atoms. The van der Waals surface area contributed by atoms with Crippen molar-refractivity contribution in [3.8, 4) is 11.4 Å². The molecule has 13 heteroatoms. The van der Waals surface area contributed by atoms with E-state index in [-0.39, 0.29) is 27.5 Å². The minimum Gasteiger partial charge on any atom is -0.383 e. The highest BCUT2D eigenvalue weighted by Crippen LogP contribution is 2.39. The molecule has 5 N–H and O–H groups in total. The van der Waals surface area contributed by atoms with Gasteiger partial charge in [-0.25, -0.2) is 9.37 Å². The Labute approximate surface area is 185 Å². The molecule has 166 valence electrons. The second-order valence-electron chi connectivity index (χ2n) is 6.93. The van der Waals surface area contributed by atoms with Crippen LogP contribution in [0.3, 0.4) is 0 Å². The topological polar surface area (TPSA) is 162 Å². The van der Waals surface area contributed by atoms with Gasteiger partial charge in [-0.15, -0.1) is 0 Å². The van der Waals surface area contributed by atoms with Gasteiger partial charge in [0.15, 0.2) is 11.2 Å². The molecule has 1 aromatic carbocycles. The van der Waals surface area contributed by atoms with Crippen molar-refractivity contribution in [3.63, 3.8) is 0 Å². The summed E-state index contributed by atoms with van der Waals surface area (Å²) in [6.07, 6.45) is 1.91. The van der Waals surface area contributed by atoms with Gasteiger partial charge in [-0.2, -0.15) is 10.1 Å². The maximum Gasteiger partial charge on any atom is 0.261 e. The smallest absolute Gasteiger partial charge is 0.261 e. The molecular formula is C19H19FN8O3S. The molecule has 0 saturated heterocycles. The highest BCUT2D eigenvalue weighted by Gasteiger charge is 2.29. The zero-order valence-electron chi connectivity index (χ0n) is 17.0. The molecule has 4 aromatic rings. The van der Waals surface area contributed by atoms with Crippen LogP contribution in [-0.4, -0.2) is 42.0 Å². The molecule has 0 bridgehead atoms. The number of carbonyl (C=O) groups is 1. The Kier molecular flexibility index (Phi) is 5.59. The number of aromatic nitrogens is 5. The number of primary amides is 1. The highest BCUT2D eigenvalue weighted by atomic mass is 32.1. The van der Waals surface area contributed by atoms with Crippen LogP contribution in [0.25, 0.3) is 11.4 Å². The molecule has 0 aliphatic carbocycles. The van der Waals surface area contributed by atoms with Crippen molar-refractivity contribution in [2.45, 2.75) is 19.1 Å². The van der Waals surface area contributed by atoms with E-state index in [0.717, 1.165) is 11.3 Å². The summed E-state index contributed by atoms with van der Waals surface area (Å²) in [6, 6.07) is 4.65. The Morgan fingerprint density at radius 1 is 1.31 bits per heavy atom. The van der Waals surface area contributed by atoms with E-state index in [1.54, 1.807) is 31.0 Å². The van der Waals surface area contributed by atoms with Gasteiger partial charge in [-0.05, 0) is 31.2 Å². The number of rotatable bonds is 7. The molecule has 0 saturated carbocycles. The molecular weight excluding hydrogens is 439 g/mol. The van der Waals surface area contributed by atoms with Gasteiger partial charge in [0.1, 0.15) is 17.7 Å². The van der Waals surface area contributed by atoms with E-state index in [0.29, 0.717) is 11.3 Å². The summed E-state index contributed by atoms with van der Waals surface area (Å²) in [5.74, 6) is -0.866. The number of thiazole rings is 1. The van der Waals surface area contributed by atoms with Gasteiger partial charge in [-0.1, -0.05) is 16.5 Å². The molecule has 0 fully saturated rings. The number of benzene rings is 1. The Morgan fingerprint density at radius 3 is 2.66 bits per heavy atom. The average molecular weight is 458 g/mol. The first-order valence-electron chi connectivity index (χ1n) is 9.35. The van der Waals surface area contributed by atoms with Crippen molar-refractivity contribution in [1.29, 1.82) is 0 Å². The number of aliphatic hydroxyl groups excluding tert-OH is 1. The predicted molar refractivity (Wildman–Crippen MR) is 114 cm³/mol. The minimum absolute atomic E-state index is 0.0161. The quantitative estimate of drug-likeness (QED) is 0.374. The molecule has 32 heavy (non-hydrogen) atoms. The fourth-order valence-electron chi connectivity index (χ4n) is 2.97. The van der Waals surface area contributed by atoms with E-state index in [1.165, 1.54) is 29.2 Å². The van der Waals surface area contributed by atoms with E-state index in [1.807, 2.05) is 0 Å². The molecule has 2 unspecified atom stereocenters. The van der Waals surface area contributed by atoms with Crippen LogP contribution < -0.4 is 16.4 Å². The zero-order valence-corrected chi connectivity index (χ0v) is 17.8. The summed E-state index contributed by atoms with van der Waals surface area (Å²) < 4.78 is 20.2. The lowest BCUT2D eigenvalue weighted by Crippen LogP contribution is -2.39. The summed E-state index contributed by atoms with van der Waals surface area (Å²) in [6.45, 7) is 1.58. The normalized spacial score (nSPS) is 13.1. The molecule has 0 aliphatic heterocycles. The molecule has 1 amide bonds. The van der Waals surface area contributed by atoms with Crippen LogP contribution >= 0.6 is 11.3 Å².